The van der Waals surface area contributed by atoms with Crippen molar-refractivity contribution in [1.29, 1.82) is 0 Å². The standard InChI is InChI=1S/C31H44N8O2/c1-17(2)38(14-24-18(3)27(40)30(41-24)39-16-35-26-28(32)33-15-34-29(26)39)21-11-19(12-21)7-10-25-36-22-9-8-20(31(4,5)6)13-23(22)37-25/h8-9,13,15-19,21,24,27,30,40H,7,10-12,14H2,1-6H3,(H,36,37)(H2,32,33,34)/t18-,19-,21+,24-,27-,30-/m1/s1. The van der Waals surface area contributed by atoms with Crippen LogP contribution in [0.5, 0.6) is 0 Å². The predicted octanol–water partition coefficient (Wildman–Crippen LogP) is 4.60. The maximum absolute atomic E-state index is 11.1. The molecule has 4 atom stereocenters. The molecule has 0 unspecified atom stereocenters. The Morgan fingerprint density at radius 1 is 1.20 bits per heavy atom. The fraction of sp³-hybridized carbons (Fsp3) is 0.613. The van der Waals surface area contributed by atoms with Crippen LogP contribution in [0.1, 0.15) is 78.4 Å². The quantitative estimate of drug-likeness (QED) is 0.285. The highest BCUT2D eigenvalue weighted by Crippen LogP contribution is 2.40. The molecular formula is C31H44N8O2. The smallest absolute Gasteiger partial charge is 0.167 e. The molecule has 1 aliphatic carbocycles. The van der Waals surface area contributed by atoms with Gasteiger partial charge in [-0.25, -0.2) is 19.9 Å². The van der Waals surface area contributed by atoms with E-state index >= 15 is 0 Å². The SMILES string of the molecule is CC(C)N(C[C@H]1O[C@@H](n2cnc3c(N)ncnc32)[C@H](O)[C@@H]1C)[C@H]1C[C@@H](CCc2nc3cc(C(C)(C)C)ccc3[nH]2)C1. The number of aliphatic hydroxyl groups is 1. The number of ether oxygens (including phenoxy) is 1. The minimum atomic E-state index is -0.667. The molecule has 1 aliphatic heterocycles. The Labute approximate surface area is 241 Å². The average Bonchev–Trinajstić information content (AvgIpc) is 3.58. The minimum absolute atomic E-state index is 0.0272. The summed E-state index contributed by atoms with van der Waals surface area (Å²) in [7, 11) is 0. The predicted molar refractivity (Wildman–Crippen MR) is 160 cm³/mol. The lowest BCUT2D eigenvalue weighted by Crippen LogP contribution is -2.51. The van der Waals surface area contributed by atoms with Gasteiger partial charge in [-0.3, -0.25) is 9.47 Å². The number of nitrogens with zero attached hydrogens (tertiary/aromatic N) is 6. The van der Waals surface area contributed by atoms with Crippen molar-refractivity contribution >= 4 is 28.0 Å². The normalized spacial score (nSPS) is 27.0. The number of fused-ring (bicyclic) bond motifs is 2. The van der Waals surface area contributed by atoms with Crippen LogP contribution >= 0.6 is 0 Å². The first-order chi connectivity index (χ1) is 19.5. The summed E-state index contributed by atoms with van der Waals surface area (Å²) >= 11 is 0. The molecule has 1 saturated carbocycles. The molecule has 0 radical (unpaired) electrons. The third-order valence-corrected chi connectivity index (χ3v) is 9.31. The second-order valence-electron chi connectivity index (χ2n) is 13.5. The zero-order chi connectivity index (χ0) is 29.1. The van der Waals surface area contributed by atoms with Crippen LogP contribution in [0.2, 0.25) is 0 Å². The van der Waals surface area contributed by atoms with Crippen molar-refractivity contribution in [3.05, 3.63) is 42.2 Å². The van der Waals surface area contributed by atoms with Crippen LogP contribution in [0.25, 0.3) is 22.2 Å². The molecule has 4 heterocycles. The molecule has 10 nitrogen and oxygen atoms in total. The number of aryl methyl sites for hydroxylation is 1. The van der Waals surface area contributed by atoms with Gasteiger partial charge >= 0.3 is 0 Å². The Bertz CT molecular complexity index is 1520. The van der Waals surface area contributed by atoms with Gasteiger partial charge in [-0.1, -0.05) is 33.8 Å². The van der Waals surface area contributed by atoms with Crippen LogP contribution in [0.15, 0.2) is 30.9 Å². The van der Waals surface area contributed by atoms with E-state index in [0.717, 1.165) is 36.2 Å². The molecule has 6 rings (SSSR count). The van der Waals surface area contributed by atoms with Crippen molar-refractivity contribution in [3.8, 4) is 0 Å². The first-order valence-electron chi connectivity index (χ1n) is 15.0. The first-order valence-corrected chi connectivity index (χ1v) is 15.0. The number of H-pyrrole nitrogens is 1. The van der Waals surface area contributed by atoms with E-state index in [-0.39, 0.29) is 17.4 Å². The highest BCUT2D eigenvalue weighted by atomic mass is 16.5. The zero-order valence-electron chi connectivity index (χ0n) is 25.1. The Hall–Kier alpha value is -3.08. The van der Waals surface area contributed by atoms with Gasteiger partial charge in [0.2, 0.25) is 0 Å². The van der Waals surface area contributed by atoms with Crippen LogP contribution in [0, 0.1) is 11.8 Å². The molecule has 3 aromatic heterocycles. The molecule has 41 heavy (non-hydrogen) atoms. The van der Waals surface area contributed by atoms with E-state index in [0.29, 0.717) is 35.0 Å². The number of nitrogens with one attached hydrogen (secondary N) is 1. The number of aromatic amines is 1. The topological polar surface area (TPSA) is 131 Å². The fourth-order valence-electron chi connectivity index (χ4n) is 6.54. The van der Waals surface area contributed by atoms with E-state index < -0.39 is 12.3 Å². The molecule has 2 aliphatic rings. The van der Waals surface area contributed by atoms with Crippen molar-refractivity contribution in [1.82, 2.24) is 34.4 Å². The first kappa shape index (κ1) is 28.1. The molecule has 1 saturated heterocycles. The van der Waals surface area contributed by atoms with E-state index in [1.165, 1.54) is 24.7 Å². The molecule has 0 amide bonds. The van der Waals surface area contributed by atoms with Crippen LogP contribution in [0.3, 0.4) is 0 Å². The second kappa shape index (κ2) is 10.6. The fourth-order valence-corrected chi connectivity index (χ4v) is 6.54. The summed E-state index contributed by atoms with van der Waals surface area (Å²) in [6, 6.07) is 7.51. The van der Waals surface area contributed by atoms with Crippen molar-refractivity contribution < 1.29 is 9.84 Å². The monoisotopic (exact) mass is 560 g/mol. The third-order valence-electron chi connectivity index (χ3n) is 9.31. The number of imidazole rings is 2. The number of nitrogens with two attached hydrogens (primary N) is 1. The Morgan fingerprint density at radius 2 is 1.98 bits per heavy atom. The van der Waals surface area contributed by atoms with E-state index in [1.807, 2.05) is 0 Å². The van der Waals surface area contributed by atoms with Crippen LogP contribution < -0.4 is 5.73 Å². The molecule has 10 heteroatoms. The molecule has 4 N–H and O–H groups in total. The number of benzene rings is 1. The van der Waals surface area contributed by atoms with Crippen molar-refractivity contribution in [2.45, 2.75) is 103 Å². The molecule has 0 spiro atoms. The summed E-state index contributed by atoms with van der Waals surface area (Å²) in [6.07, 6.45) is 6.22. The molecule has 4 aromatic rings. The van der Waals surface area contributed by atoms with Gasteiger partial charge in [-0.15, -0.1) is 0 Å². The number of hydrogen-bond acceptors (Lipinski definition) is 8. The second-order valence-corrected chi connectivity index (χ2v) is 13.5. The maximum atomic E-state index is 11.1. The zero-order valence-corrected chi connectivity index (χ0v) is 25.1. The number of aliphatic hydroxyl groups excluding tert-OH is 1. The summed E-state index contributed by atoms with van der Waals surface area (Å²) < 4.78 is 8.27. The van der Waals surface area contributed by atoms with E-state index in [9.17, 15) is 5.11 Å². The number of hydrogen-bond donors (Lipinski definition) is 3. The summed E-state index contributed by atoms with van der Waals surface area (Å²) in [5.41, 5.74) is 10.7. The van der Waals surface area contributed by atoms with Gasteiger partial charge in [0.15, 0.2) is 17.7 Å². The van der Waals surface area contributed by atoms with Gasteiger partial charge in [-0.05, 0) is 62.1 Å². The van der Waals surface area contributed by atoms with Gasteiger partial charge in [0.25, 0.3) is 0 Å². The Kier molecular flexibility index (Phi) is 7.28. The van der Waals surface area contributed by atoms with Crippen molar-refractivity contribution in [2.75, 3.05) is 12.3 Å². The number of aromatic nitrogens is 6. The molecule has 0 bridgehead atoms. The lowest BCUT2D eigenvalue weighted by molar-refractivity contribution is -0.0587. The van der Waals surface area contributed by atoms with Gasteiger partial charge in [0.1, 0.15) is 23.8 Å². The highest BCUT2D eigenvalue weighted by molar-refractivity contribution is 5.81. The summed E-state index contributed by atoms with van der Waals surface area (Å²) in [4.78, 5) is 23.7. The van der Waals surface area contributed by atoms with E-state index in [4.69, 9.17) is 15.5 Å². The summed E-state index contributed by atoms with van der Waals surface area (Å²) in [6.45, 7) is 14.1. The van der Waals surface area contributed by atoms with E-state index in [2.05, 4.69) is 84.6 Å². The van der Waals surface area contributed by atoms with E-state index in [1.54, 1.807) is 10.9 Å². The number of anilines is 1. The van der Waals surface area contributed by atoms with Gasteiger partial charge in [-0.2, -0.15) is 0 Å². The maximum Gasteiger partial charge on any atom is 0.167 e. The highest BCUT2D eigenvalue weighted by Gasteiger charge is 2.45. The molecule has 1 aromatic carbocycles. The van der Waals surface area contributed by atoms with Crippen LogP contribution in [0.4, 0.5) is 5.82 Å². The number of rotatable bonds is 8. The van der Waals surface area contributed by atoms with Gasteiger partial charge in [0.05, 0.1) is 23.5 Å². The van der Waals surface area contributed by atoms with Crippen molar-refractivity contribution in [3.63, 3.8) is 0 Å². The Balaban J connectivity index is 1.06. The van der Waals surface area contributed by atoms with Gasteiger partial charge < -0.3 is 20.6 Å². The lowest BCUT2D eigenvalue weighted by Gasteiger charge is -2.46. The van der Waals surface area contributed by atoms with Gasteiger partial charge in [0, 0.05) is 31.0 Å². The van der Waals surface area contributed by atoms with Crippen LogP contribution in [-0.4, -0.2) is 70.3 Å². The van der Waals surface area contributed by atoms with Crippen molar-refractivity contribution in [2.24, 2.45) is 11.8 Å². The minimum Gasteiger partial charge on any atom is -0.388 e. The summed E-state index contributed by atoms with van der Waals surface area (Å²) in [5, 5.41) is 11.1. The third kappa shape index (κ3) is 5.33. The van der Waals surface area contributed by atoms with Crippen LogP contribution in [-0.2, 0) is 16.6 Å². The number of nitrogen functional groups attached to an aromatic ring is 1. The summed E-state index contributed by atoms with van der Waals surface area (Å²) in [5.74, 6) is 2.08. The largest absolute Gasteiger partial charge is 0.388 e. The molecule has 220 valence electrons. The Morgan fingerprint density at radius 3 is 2.71 bits per heavy atom. The lowest BCUT2D eigenvalue weighted by atomic mass is 9.76. The average molecular weight is 561 g/mol. The molecule has 2 fully saturated rings. The molecular weight excluding hydrogens is 516 g/mol.